The second kappa shape index (κ2) is 4.08. The third-order valence-corrected chi connectivity index (χ3v) is 3.40. The lowest BCUT2D eigenvalue weighted by Crippen LogP contribution is -2.31. The summed E-state index contributed by atoms with van der Waals surface area (Å²) in [6.45, 7) is 0. The number of nitrogens with zero attached hydrogens (tertiary/aromatic N) is 4. The number of rotatable bonds is 1. The van der Waals surface area contributed by atoms with Gasteiger partial charge in [-0.3, -0.25) is 0 Å². The van der Waals surface area contributed by atoms with E-state index >= 15 is 0 Å². The van der Waals surface area contributed by atoms with E-state index in [0.29, 0.717) is 0 Å². The Morgan fingerprint density at radius 2 is 2.00 bits per heavy atom. The van der Waals surface area contributed by atoms with Crippen LogP contribution in [0.4, 0.5) is 10.2 Å². The number of hydrogen-bond acceptors (Lipinski definition) is 7. The Hall–Kier alpha value is -1.84. The summed E-state index contributed by atoms with van der Waals surface area (Å²) >= 11 is 0. The van der Waals surface area contributed by atoms with Crippen LogP contribution in [0.3, 0.4) is 0 Å². The lowest BCUT2D eigenvalue weighted by atomic mass is 10.2. The molecule has 102 valence electrons. The topological polar surface area (TPSA) is 130 Å². The normalized spacial score (nSPS) is 31.2. The van der Waals surface area contributed by atoms with E-state index < -0.39 is 30.4 Å². The summed E-state index contributed by atoms with van der Waals surface area (Å²) in [5, 5.41) is 29.0. The summed E-state index contributed by atoms with van der Waals surface area (Å²) in [5.74, 6) is -0.102. The van der Waals surface area contributed by atoms with Crippen molar-refractivity contribution in [3.8, 4) is 0 Å². The summed E-state index contributed by atoms with van der Waals surface area (Å²) < 4.78 is 14.6. The molecule has 2 aromatic rings. The zero-order valence-electron chi connectivity index (χ0n) is 9.68. The van der Waals surface area contributed by atoms with Crippen LogP contribution in [-0.4, -0.2) is 53.2 Å². The zero-order valence-corrected chi connectivity index (χ0v) is 9.68. The summed E-state index contributed by atoms with van der Waals surface area (Å²) in [5.41, 5.74) is 5.86. The molecule has 1 aliphatic carbocycles. The van der Waals surface area contributed by atoms with Gasteiger partial charge in [0.05, 0.1) is 18.5 Å². The molecule has 0 saturated heterocycles. The minimum Gasteiger partial charge on any atom is -0.390 e. The molecular weight excluding hydrogens is 257 g/mol. The number of halogens is 1. The summed E-state index contributed by atoms with van der Waals surface area (Å²) in [6, 6.07) is -0.649. The average Bonchev–Trinajstić information content (AvgIpc) is 2.86. The fourth-order valence-electron chi connectivity index (χ4n) is 2.41. The van der Waals surface area contributed by atoms with Crippen molar-refractivity contribution in [3.63, 3.8) is 0 Å². The summed E-state index contributed by atoms with van der Waals surface area (Å²) in [7, 11) is 0. The molecule has 4 atom stereocenters. The van der Waals surface area contributed by atoms with Crippen LogP contribution in [0, 0.1) is 6.08 Å². The Balaban J connectivity index is 2.11. The van der Waals surface area contributed by atoms with Crippen LogP contribution >= 0.6 is 0 Å². The van der Waals surface area contributed by atoms with E-state index in [9.17, 15) is 19.7 Å². The van der Waals surface area contributed by atoms with Crippen LogP contribution < -0.4 is 5.73 Å². The van der Waals surface area contributed by atoms with Gasteiger partial charge in [-0.25, -0.2) is 4.98 Å². The van der Waals surface area contributed by atoms with Crippen LogP contribution in [0.1, 0.15) is 12.5 Å². The SMILES string of the molecule is Nc1nc(F)nc2c1ncn2[C@@H]1C[C@H](O)[C@@H](O)[C@H]1O. The standard InChI is InChI=1S/C10H12FN5O3/c11-10-14-8(12)5-9(15-10)16(2-13-5)3-1-4(17)7(19)6(3)18/h2-4,6-7,17-19H,1H2,(H2,12,14,15)/t3-,4+,6+,7-/m1/s1. The molecule has 19 heavy (non-hydrogen) atoms. The van der Waals surface area contributed by atoms with Gasteiger partial charge in [-0.2, -0.15) is 14.4 Å². The van der Waals surface area contributed by atoms with Crippen molar-refractivity contribution in [2.75, 3.05) is 5.73 Å². The fraction of sp³-hybridized carbons (Fsp3) is 0.500. The lowest BCUT2D eigenvalue weighted by Gasteiger charge is -2.17. The maximum Gasteiger partial charge on any atom is 0.312 e. The van der Waals surface area contributed by atoms with Crippen molar-refractivity contribution in [2.45, 2.75) is 30.8 Å². The molecule has 8 nitrogen and oxygen atoms in total. The van der Waals surface area contributed by atoms with Crippen LogP contribution in [0.5, 0.6) is 0 Å². The van der Waals surface area contributed by atoms with Crippen LogP contribution in [0.25, 0.3) is 11.2 Å². The zero-order chi connectivity index (χ0) is 13.7. The largest absolute Gasteiger partial charge is 0.390 e. The maximum atomic E-state index is 13.2. The first kappa shape index (κ1) is 12.2. The van der Waals surface area contributed by atoms with E-state index in [-0.39, 0.29) is 23.4 Å². The van der Waals surface area contributed by atoms with Gasteiger partial charge in [0.15, 0.2) is 11.5 Å². The molecule has 0 bridgehead atoms. The molecule has 0 aromatic carbocycles. The van der Waals surface area contributed by atoms with Crippen molar-refractivity contribution >= 4 is 17.0 Å². The quantitative estimate of drug-likeness (QED) is 0.467. The molecule has 2 aromatic heterocycles. The van der Waals surface area contributed by atoms with Crippen molar-refractivity contribution in [2.24, 2.45) is 0 Å². The van der Waals surface area contributed by atoms with E-state index in [2.05, 4.69) is 15.0 Å². The van der Waals surface area contributed by atoms with Gasteiger partial charge in [-0.05, 0) is 6.42 Å². The number of imidazole rings is 1. The molecule has 0 spiro atoms. The van der Waals surface area contributed by atoms with E-state index in [1.165, 1.54) is 10.9 Å². The minimum absolute atomic E-state index is 0.102. The molecular formula is C10H12FN5O3. The highest BCUT2D eigenvalue weighted by molar-refractivity contribution is 5.81. The minimum atomic E-state index is -1.26. The molecule has 1 aliphatic rings. The number of nitrogen functional groups attached to an aromatic ring is 1. The first-order valence-corrected chi connectivity index (χ1v) is 5.68. The average molecular weight is 269 g/mol. The fourth-order valence-corrected chi connectivity index (χ4v) is 2.41. The molecule has 0 radical (unpaired) electrons. The maximum absolute atomic E-state index is 13.2. The van der Waals surface area contributed by atoms with E-state index in [1.807, 2.05) is 0 Å². The Bertz CT molecular complexity index is 633. The van der Waals surface area contributed by atoms with Gasteiger partial charge in [0, 0.05) is 0 Å². The molecule has 9 heteroatoms. The van der Waals surface area contributed by atoms with Crippen molar-refractivity contribution in [1.29, 1.82) is 0 Å². The molecule has 3 rings (SSSR count). The van der Waals surface area contributed by atoms with Crippen LogP contribution in [0.2, 0.25) is 0 Å². The molecule has 0 aliphatic heterocycles. The van der Waals surface area contributed by atoms with E-state index in [1.54, 1.807) is 0 Å². The number of nitrogens with two attached hydrogens (primary N) is 1. The van der Waals surface area contributed by atoms with Crippen LogP contribution in [-0.2, 0) is 0 Å². The van der Waals surface area contributed by atoms with Gasteiger partial charge >= 0.3 is 6.08 Å². The summed E-state index contributed by atoms with van der Waals surface area (Å²) in [6.07, 6.45) is -3.06. The Labute approximate surface area is 106 Å². The molecule has 5 N–H and O–H groups in total. The lowest BCUT2D eigenvalue weighted by molar-refractivity contribution is -0.0244. The van der Waals surface area contributed by atoms with Gasteiger partial charge in [-0.15, -0.1) is 0 Å². The van der Waals surface area contributed by atoms with Gasteiger partial charge < -0.3 is 25.6 Å². The highest BCUT2D eigenvalue weighted by atomic mass is 19.1. The van der Waals surface area contributed by atoms with Crippen molar-refractivity contribution in [3.05, 3.63) is 12.4 Å². The van der Waals surface area contributed by atoms with Crippen molar-refractivity contribution < 1.29 is 19.7 Å². The van der Waals surface area contributed by atoms with E-state index in [4.69, 9.17) is 5.73 Å². The smallest absolute Gasteiger partial charge is 0.312 e. The second-order valence-electron chi connectivity index (χ2n) is 4.55. The Kier molecular flexibility index (Phi) is 2.62. The third-order valence-electron chi connectivity index (χ3n) is 3.40. The van der Waals surface area contributed by atoms with Crippen molar-refractivity contribution in [1.82, 2.24) is 19.5 Å². The van der Waals surface area contributed by atoms with Gasteiger partial charge in [-0.1, -0.05) is 0 Å². The van der Waals surface area contributed by atoms with Gasteiger partial charge in [0.1, 0.15) is 17.7 Å². The van der Waals surface area contributed by atoms with E-state index in [0.717, 1.165) is 0 Å². The first-order chi connectivity index (χ1) is 8.99. The Morgan fingerprint density at radius 3 is 2.63 bits per heavy atom. The first-order valence-electron chi connectivity index (χ1n) is 5.68. The molecule has 2 heterocycles. The molecule has 1 fully saturated rings. The predicted octanol–water partition coefficient (Wildman–Crippen LogP) is -1.42. The highest BCUT2D eigenvalue weighted by Crippen LogP contribution is 2.33. The van der Waals surface area contributed by atoms with Crippen LogP contribution in [0.15, 0.2) is 6.33 Å². The number of aromatic nitrogens is 4. The highest BCUT2D eigenvalue weighted by Gasteiger charge is 2.42. The molecule has 1 saturated carbocycles. The summed E-state index contributed by atoms with van der Waals surface area (Å²) in [4.78, 5) is 10.9. The molecule has 0 amide bonds. The third kappa shape index (κ3) is 1.74. The predicted molar refractivity (Wildman–Crippen MR) is 61.4 cm³/mol. The number of aliphatic hydroxyl groups is 3. The Morgan fingerprint density at radius 1 is 1.26 bits per heavy atom. The number of aliphatic hydroxyl groups excluding tert-OH is 3. The number of hydrogen-bond donors (Lipinski definition) is 4. The number of fused-ring (bicyclic) bond motifs is 1. The number of anilines is 1. The second-order valence-corrected chi connectivity index (χ2v) is 4.55. The van der Waals surface area contributed by atoms with Gasteiger partial charge in [0.2, 0.25) is 0 Å². The monoisotopic (exact) mass is 269 g/mol. The van der Waals surface area contributed by atoms with Gasteiger partial charge in [0.25, 0.3) is 0 Å². The molecule has 0 unspecified atom stereocenters.